The third-order valence-corrected chi connectivity index (χ3v) is 5.06. The summed E-state index contributed by atoms with van der Waals surface area (Å²) in [5.74, 6) is 0.250. The van der Waals surface area contributed by atoms with Gasteiger partial charge in [-0.3, -0.25) is 9.69 Å². The lowest BCUT2D eigenvalue weighted by molar-refractivity contribution is -0.138. The van der Waals surface area contributed by atoms with Crippen molar-refractivity contribution in [3.63, 3.8) is 0 Å². The van der Waals surface area contributed by atoms with Crippen molar-refractivity contribution in [1.82, 2.24) is 9.80 Å². The number of nitrogens with zero attached hydrogens (tertiary/aromatic N) is 2. The minimum absolute atomic E-state index is 0.0386. The maximum absolute atomic E-state index is 12.9. The predicted octanol–water partition coefficient (Wildman–Crippen LogP) is 2.52. The summed E-state index contributed by atoms with van der Waals surface area (Å²) in [5.41, 5.74) is 0. The van der Waals surface area contributed by atoms with Crippen molar-refractivity contribution >= 4 is 17.2 Å². The van der Waals surface area contributed by atoms with Gasteiger partial charge >= 0.3 is 0 Å². The fourth-order valence-electron chi connectivity index (χ4n) is 2.82. The molecule has 0 bridgehead atoms. The molecule has 2 rings (SSSR count). The topological polar surface area (TPSA) is 32.8 Å². The van der Waals surface area contributed by atoms with E-state index in [-0.39, 0.29) is 11.9 Å². The fourth-order valence-corrected chi connectivity index (χ4v) is 3.73. The van der Waals surface area contributed by atoms with E-state index in [1.165, 1.54) is 16.2 Å². The van der Waals surface area contributed by atoms with Gasteiger partial charge in [-0.05, 0) is 45.5 Å². The van der Waals surface area contributed by atoms with E-state index in [1.54, 1.807) is 18.4 Å². The van der Waals surface area contributed by atoms with Gasteiger partial charge in [-0.1, -0.05) is 6.42 Å². The Morgan fingerprint density at radius 2 is 2.29 bits per heavy atom. The van der Waals surface area contributed by atoms with Crippen LogP contribution in [0.1, 0.15) is 29.0 Å². The van der Waals surface area contributed by atoms with E-state index in [0.717, 1.165) is 19.4 Å². The van der Waals surface area contributed by atoms with Crippen LogP contribution in [0.4, 0.5) is 0 Å². The average molecular weight is 310 g/mol. The highest BCUT2D eigenvalue weighted by Gasteiger charge is 2.29. The molecule has 1 atom stereocenters. The number of carbonyl (C=O) groups excluding carboxylic acids is 1. The predicted molar refractivity (Wildman–Crippen MR) is 86.6 cm³/mol. The summed E-state index contributed by atoms with van der Waals surface area (Å²) in [6, 6.07) is 4.28. The Bertz CT molecular complexity index is 461. The van der Waals surface area contributed by atoms with Gasteiger partial charge in [0.15, 0.2) is 0 Å². The molecular weight excluding hydrogens is 284 g/mol. The maximum Gasteiger partial charge on any atom is 0.240 e. The van der Waals surface area contributed by atoms with Crippen molar-refractivity contribution in [2.45, 2.75) is 38.8 Å². The van der Waals surface area contributed by atoms with Crippen LogP contribution in [0.5, 0.6) is 0 Å². The van der Waals surface area contributed by atoms with Gasteiger partial charge in [0.2, 0.25) is 5.91 Å². The van der Waals surface area contributed by atoms with E-state index in [4.69, 9.17) is 4.74 Å². The van der Waals surface area contributed by atoms with Gasteiger partial charge in [0.05, 0.1) is 19.2 Å². The van der Waals surface area contributed by atoms with Crippen molar-refractivity contribution in [3.05, 3.63) is 21.9 Å². The molecule has 1 unspecified atom stereocenters. The molecule has 0 aromatic carbocycles. The van der Waals surface area contributed by atoms with Gasteiger partial charge in [-0.25, -0.2) is 0 Å². The van der Waals surface area contributed by atoms with Crippen molar-refractivity contribution in [3.8, 4) is 0 Å². The number of aryl methyl sites for hydroxylation is 1. The molecule has 21 heavy (non-hydrogen) atoms. The number of methoxy groups -OCH3 is 1. The first-order chi connectivity index (χ1) is 10.1. The van der Waals surface area contributed by atoms with Crippen molar-refractivity contribution in [1.29, 1.82) is 0 Å². The van der Waals surface area contributed by atoms with Crippen LogP contribution in [0.15, 0.2) is 12.1 Å². The van der Waals surface area contributed by atoms with Gasteiger partial charge in [-0.2, -0.15) is 0 Å². The Labute approximate surface area is 131 Å². The largest absolute Gasteiger partial charge is 0.383 e. The number of rotatable bonds is 6. The zero-order valence-corrected chi connectivity index (χ0v) is 14.1. The number of ether oxygens (including phenoxy) is 1. The van der Waals surface area contributed by atoms with Gasteiger partial charge in [0, 0.05) is 23.4 Å². The summed E-state index contributed by atoms with van der Waals surface area (Å²) in [4.78, 5) is 19.6. The van der Waals surface area contributed by atoms with Crippen LogP contribution in [0.3, 0.4) is 0 Å². The van der Waals surface area contributed by atoms with E-state index in [1.807, 2.05) is 4.90 Å². The number of carbonyl (C=O) groups is 1. The molecule has 118 valence electrons. The van der Waals surface area contributed by atoms with Crippen molar-refractivity contribution in [2.24, 2.45) is 0 Å². The molecule has 1 amide bonds. The fraction of sp³-hybridized carbons (Fsp3) is 0.688. The molecule has 1 fully saturated rings. The first-order valence-electron chi connectivity index (χ1n) is 7.65. The highest BCUT2D eigenvalue weighted by Crippen LogP contribution is 2.21. The smallest absolute Gasteiger partial charge is 0.240 e. The Kier molecular flexibility index (Phi) is 6.21. The molecule has 0 aliphatic carbocycles. The minimum Gasteiger partial charge on any atom is -0.383 e. The number of hydrogen-bond donors (Lipinski definition) is 0. The molecule has 0 N–H and O–H groups in total. The summed E-state index contributed by atoms with van der Waals surface area (Å²) >= 11 is 1.77. The highest BCUT2D eigenvalue weighted by atomic mass is 32.1. The first-order valence-corrected chi connectivity index (χ1v) is 8.46. The summed E-state index contributed by atoms with van der Waals surface area (Å²) < 4.78 is 5.18. The van der Waals surface area contributed by atoms with Gasteiger partial charge in [0.25, 0.3) is 0 Å². The molecular formula is C16H26N2O2S. The van der Waals surface area contributed by atoms with Crippen LogP contribution in [-0.2, 0) is 16.1 Å². The average Bonchev–Trinajstić information content (AvgIpc) is 2.88. The molecule has 5 heteroatoms. The highest BCUT2D eigenvalue weighted by molar-refractivity contribution is 7.11. The second-order valence-corrected chi connectivity index (χ2v) is 7.13. The maximum atomic E-state index is 12.9. The van der Waals surface area contributed by atoms with Crippen LogP contribution in [0, 0.1) is 6.92 Å². The zero-order valence-electron chi connectivity index (χ0n) is 13.3. The molecule has 1 aromatic heterocycles. The number of piperidine rings is 1. The van der Waals surface area contributed by atoms with Crippen molar-refractivity contribution in [2.75, 3.05) is 33.9 Å². The zero-order chi connectivity index (χ0) is 15.2. The molecule has 1 aromatic rings. The second-order valence-electron chi connectivity index (χ2n) is 5.76. The Morgan fingerprint density at radius 3 is 2.90 bits per heavy atom. The first kappa shape index (κ1) is 16.5. The van der Waals surface area contributed by atoms with Crippen LogP contribution >= 0.6 is 11.3 Å². The van der Waals surface area contributed by atoms with Gasteiger partial charge < -0.3 is 9.64 Å². The van der Waals surface area contributed by atoms with E-state index >= 15 is 0 Å². The number of amides is 1. The Morgan fingerprint density at radius 1 is 1.48 bits per heavy atom. The van der Waals surface area contributed by atoms with E-state index in [0.29, 0.717) is 19.7 Å². The van der Waals surface area contributed by atoms with Crippen LogP contribution in [0.2, 0.25) is 0 Å². The Hall–Kier alpha value is -0.910. The number of thiophene rings is 1. The van der Waals surface area contributed by atoms with E-state index in [2.05, 4.69) is 31.0 Å². The van der Waals surface area contributed by atoms with E-state index in [9.17, 15) is 4.79 Å². The lowest BCUT2D eigenvalue weighted by Crippen LogP contribution is -2.49. The lowest BCUT2D eigenvalue weighted by Gasteiger charge is -2.35. The Balaban J connectivity index is 2.04. The molecule has 0 spiro atoms. The molecule has 1 aliphatic rings. The molecule has 2 heterocycles. The number of hydrogen-bond acceptors (Lipinski definition) is 4. The molecule has 4 nitrogen and oxygen atoms in total. The molecule has 1 aliphatic heterocycles. The summed E-state index contributed by atoms with van der Waals surface area (Å²) in [7, 11) is 3.75. The normalized spacial score (nSPS) is 19.7. The summed E-state index contributed by atoms with van der Waals surface area (Å²) in [5, 5.41) is 0. The summed E-state index contributed by atoms with van der Waals surface area (Å²) in [6.45, 7) is 5.07. The SMILES string of the molecule is COCCN(Cc1ccc(C)s1)C(=O)C1CCCCN1C. The molecule has 0 saturated carbocycles. The summed E-state index contributed by atoms with van der Waals surface area (Å²) in [6.07, 6.45) is 3.32. The van der Waals surface area contributed by atoms with Crippen LogP contribution in [0.25, 0.3) is 0 Å². The lowest BCUT2D eigenvalue weighted by atomic mass is 10.0. The van der Waals surface area contributed by atoms with Crippen molar-refractivity contribution < 1.29 is 9.53 Å². The van der Waals surface area contributed by atoms with Crippen LogP contribution < -0.4 is 0 Å². The second kappa shape index (κ2) is 7.92. The van der Waals surface area contributed by atoms with Gasteiger partial charge in [-0.15, -0.1) is 11.3 Å². The number of likely N-dealkylation sites (N-methyl/N-ethyl adjacent to an activating group) is 1. The van der Waals surface area contributed by atoms with Crippen LogP contribution in [-0.4, -0.2) is 55.6 Å². The third kappa shape index (κ3) is 4.53. The molecule has 0 radical (unpaired) electrons. The van der Waals surface area contributed by atoms with E-state index < -0.39 is 0 Å². The monoisotopic (exact) mass is 310 g/mol. The quantitative estimate of drug-likeness (QED) is 0.809. The molecule has 1 saturated heterocycles. The van der Waals surface area contributed by atoms with Gasteiger partial charge in [0.1, 0.15) is 0 Å². The standard InChI is InChI=1S/C16H26N2O2S/c1-13-7-8-14(21-13)12-18(10-11-20-3)16(19)15-6-4-5-9-17(15)2/h7-8,15H,4-6,9-12H2,1-3H3. The number of likely N-dealkylation sites (tertiary alicyclic amines) is 1. The third-order valence-electron chi connectivity index (χ3n) is 4.08. The minimum atomic E-state index is 0.0386.